The van der Waals surface area contributed by atoms with Crippen molar-refractivity contribution < 1.29 is 4.79 Å². The van der Waals surface area contributed by atoms with E-state index in [0.717, 1.165) is 5.56 Å². The van der Waals surface area contributed by atoms with Gasteiger partial charge in [0.05, 0.1) is 6.42 Å². The number of carbonyl (C=O) groups is 1. The zero-order valence-electron chi connectivity index (χ0n) is 11.2. The Hall–Kier alpha value is -1.06. The monoisotopic (exact) mass is 268 g/mol. The second kappa shape index (κ2) is 6.21. The standard InChI is InChI=1S/C14H21ClN2O/c1-14(2,3)17(9-8-16)13(18)10-11-4-6-12(15)7-5-11/h4-7H,8-10,16H2,1-3H3. The van der Waals surface area contributed by atoms with Crippen molar-refractivity contribution in [3.8, 4) is 0 Å². The fourth-order valence-corrected chi connectivity index (χ4v) is 1.96. The summed E-state index contributed by atoms with van der Waals surface area (Å²) in [5.41, 5.74) is 6.33. The lowest BCUT2D eigenvalue weighted by Gasteiger charge is -2.35. The topological polar surface area (TPSA) is 46.3 Å². The summed E-state index contributed by atoms with van der Waals surface area (Å²) in [5, 5.41) is 0.681. The summed E-state index contributed by atoms with van der Waals surface area (Å²) in [6.07, 6.45) is 0.383. The number of benzene rings is 1. The largest absolute Gasteiger partial charge is 0.336 e. The number of amides is 1. The minimum Gasteiger partial charge on any atom is -0.336 e. The maximum atomic E-state index is 12.3. The van der Waals surface area contributed by atoms with Crippen LogP contribution in [-0.2, 0) is 11.2 Å². The quantitative estimate of drug-likeness (QED) is 0.912. The number of nitrogens with zero attached hydrogens (tertiary/aromatic N) is 1. The first kappa shape index (κ1) is 15.0. The van der Waals surface area contributed by atoms with Crippen LogP contribution in [0.3, 0.4) is 0 Å². The maximum absolute atomic E-state index is 12.3. The molecule has 4 heteroatoms. The average molecular weight is 269 g/mol. The van der Waals surface area contributed by atoms with Gasteiger partial charge in [0.25, 0.3) is 0 Å². The summed E-state index contributed by atoms with van der Waals surface area (Å²) in [4.78, 5) is 14.1. The van der Waals surface area contributed by atoms with Crippen LogP contribution in [0.4, 0.5) is 0 Å². The van der Waals surface area contributed by atoms with E-state index in [4.69, 9.17) is 17.3 Å². The summed E-state index contributed by atoms with van der Waals surface area (Å²) in [6.45, 7) is 7.10. The third-order valence-electron chi connectivity index (χ3n) is 2.73. The van der Waals surface area contributed by atoms with Crippen LogP contribution in [0.1, 0.15) is 26.3 Å². The molecule has 1 amide bonds. The number of nitrogens with two attached hydrogens (primary N) is 1. The van der Waals surface area contributed by atoms with Gasteiger partial charge in [0, 0.05) is 23.7 Å². The second-order valence-electron chi connectivity index (χ2n) is 5.31. The fraction of sp³-hybridized carbons (Fsp3) is 0.500. The molecule has 3 nitrogen and oxygen atoms in total. The van der Waals surface area contributed by atoms with Crippen molar-refractivity contribution in [2.45, 2.75) is 32.7 Å². The Labute approximate surface area is 114 Å². The highest BCUT2D eigenvalue weighted by Gasteiger charge is 2.25. The lowest BCUT2D eigenvalue weighted by Crippen LogP contribution is -2.48. The Balaban J connectivity index is 2.76. The molecule has 100 valence electrons. The van der Waals surface area contributed by atoms with E-state index in [-0.39, 0.29) is 11.4 Å². The van der Waals surface area contributed by atoms with Crippen molar-refractivity contribution >= 4 is 17.5 Å². The molecule has 0 radical (unpaired) electrons. The highest BCUT2D eigenvalue weighted by Crippen LogP contribution is 2.16. The van der Waals surface area contributed by atoms with Crippen LogP contribution < -0.4 is 5.73 Å². The molecule has 0 saturated heterocycles. The van der Waals surface area contributed by atoms with Crippen LogP contribution in [0.2, 0.25) is 5.02 Å². The number of hydrogen-bond donors (Lipinski definition) is 1. The molecule has 1 rings (SSSR count). The van der Waals surface area contributed by atoms with Gasteiger partial charge in [-0.1, -0.05) is 23.7 Å². The van der Waals surface area contributed by atoms with Crippen LogP contribution in [0.15, 0.2) is 24.3 Å². The van der Waals surface area contributed by atoms with Gasteiger partial charge in [-0.25, -0.2) is 0 Å². The molecule has 0 aliphatic carbocycles. The van der Waals surface area contributed by atoms with Crippen molar-refractivity contribution in [1.82, 2.24) is 4.90 Å². The smallest absolute Gasteiger partial charge is 0.227 e. The molecule has 1 aromatic rings. The molecule has 1 aromatic carbocycles. The molecule has 0 spiro atoms. The normalized spacial score (nSPS) is 11.4. The minimum absolute atomic E-state index is 0.0928. The van der Waals surface area contributed by atoms with E-state index in [1.807, 2.05) is 37.8 Å². The predicted molar refractivity (Wildman–Crippen MR) is 75.7 cm³/mol. The number of hydrogen-bond acceptors (Lipinski definition) is 2. The summed E-state index contributed by atoms with van der Waals surface area (Å²) in [5.74, 6) is 0.0928. The zero-order chi connectivity index (χ0) is 13.8. The van der Waals surface area contributed by atoms with Crippen LogP contribution in [-0.4, -0.2) is 29.4 Å². The predicted octanol–water partition coefficient (Wildman–Crippen LogP) is 2.47. The molecule has 2 N–H and O–H groups in total. The van der Waals surface area contributed by atoms with Gasteiger partial charge in [0.2, 0.25) is 5.91 Å². The first-order valence-electron chi connectivity index (χ1n) is 6.09. The molecular formula is C14H21ClN2O. The zero-order valence-corrected chi connectivity index (χ0v) is 12.0. The third kappa shape index (κ3) is 4.31. The third-order valence-corrected chi connectivity index (χ3v) is 2.98. The first-order chi connectivity index (χ1) is 8.34. The van der Waals surface area contributed by atoms with E-state index in [1.165, 1.54) is 0 Å². The van der Waals surface area contributed by atoms with Gasteiger partial charge in [-0.2, -0.15) is 0 Å². The van der Waals surface area contributed by atoms with E-state index in [0.29, 0.717) is 24.5 Å². The number of rotatable bonds is 4. The van der Waals surface area contributed by atoms with E-state index >= 15 is 0 Å². The molecule has 0 atom stereocenters. The van der Waals surface area contributed by atoms with Crippen molar-refractivity contribution in [2.75, 3.05) is 13.1 Å². The van der Waals surface area contributed by atoms with Crippen molar-refractivity contribution in [1.29, 1.82) is 0 Å². The Morgan fingerprint density at radius 2 is 1.83 bits per heavy atom. The Morgan fingerprint density at radius 1 is 1.28 bits per heavy atom. The van der Waals surface area contributed by atoms with Crippen LogP contribution >= 0.6 is 11.6 Å². The van der Waals surface area contributed by atoms with Gasteiger partial charge in [-0.05, 0) is 38.5 Å². The van der Waals surface area contributed by atoms with Gasteiger partial charge < -0.3 is 10.6 Å². The van der Waals surface area contributed by atoms with E-state index in [2.05, 4.69) is 0 Å². The Kier molecular flexibility index (Phi) is 5.17. The molecule has 0 heterocycles. The fourth-order valence-electron chi connectivity index (χ4n) is 1.84. The van der Waals surface area contributed by atoms with Crippen molar-refractivity contribution in [3.63, 3.8) is 0 Å². The summed E-state index contributed by atoms with van der Waals surface area (Å²) in [7, 11) is 0. The van der Waals surface area contributed by atoms with E-state index in [1.54, 1.807) is 12.1 Å². The summed E-state index contributed by atoms with van der Waals surface area (Å²) < 4.78 is 0. The molecule has 0 bridgehead atoms. The lowest BCUT2D eigenvalue weighted by atomic mass is 10.0. The maximum Gasteiger partial charge on any atom is 0.227 e. The summed E-state index contributed by atoms with van der Waals surface area (Å²) in [6, 6.07) is 7.36. The van der Waals surface area contributed by atoms with Gasteiger partial charge >= 0.3 is 0 Å². The average Bonchev–Trinajstić information content (AvgIpc) is 2.27. The van der Waals surface area contributed by atoms with E-state index < -0.39 is 0 Å². The minimum atomic E-state index is -0.205. The lowest BCUT2D eigenvalue weighted by molar-refractivity contribution is -0.135. The van der Waals surface area contributed by atoms with Crippen LogP contribution in [0.25, 0.3) is 0 Å². The highest BCUT2D eigenvalue weighted by molar-refractivity contribution is 6.30. The van der Waals surface area contributed by atoms with Crippen LogP contribution in [0.5, 0.6) is 0 Å². The Bertz CT molecular complexity index is 395. The molecular weight excluding hydrogens is 248 g/mol. The first-order valence-corrected chi connectivity index (χ1v) is 6.47. The van der Waals surface area contributed by atoms with Gasteiger partial charge in [0.1, 0.15) is 0 Å². The highest BCUT2D eigenvalue weighted by atomic mass is 35.5. The molecule has 0 unspecified atom stereocenters. The Morgan fingerprint density at radius 3 is 2.28 bits per heavy atom. The van der Waals surface area contributed by atoms with Crippen molar-refractivity contribution in [2.24, 2.45) is 5.73 Å². The molecule has 0 fully saturated rings. The molecule has 18 heavy (non-hydrogen) atoms. The summed E-state index contributed by atoms with van der Waals surface area (Å²) >= 11 is 5.82. The number of carbonyl (C=O) groups excluding carboxylic acids is 1. The molecule has 0 saturated carbocycles. The van der Waals surface area contributed by atoms with Gasteiger partial charge in [-0.3, -0.25) is 4.79 Å². The molecule has 0 aliphatic rings. The van der Waals surface area contributed by atoms with E-state index in [9.17, 15) is 4.79 Å². The van der Waals surface area contributed by atoms with Gasteiger partial charge in [0.15, 0.2) is 0 Å². The van der Waals surface area contributed by atoms with Crippen molar-refractivity contribution in [3.05, 3.63) is 34.9 Å². The van der Waals surface area contributed by atoms with Crippen LogP contribution in [0, 0.1) is 0 Å². The SMILES string of the molecule is CC(C)(C)N(CCN)C(=O)Cc1ccc(Cl)cc1. The number of halogens is 1. The molecule has 0 aromatic heterocycles. The second-order valence-corrected chi connectivity index (χ2v) is 5.74. The molecule has 0 aliphatic heterocycles. The van der Waals surface area contributed by atoms with Gasteiger partial charge in [-0.15, -0.1) is 0 Å².